The van der Waals surface area contributed by atoms with Crippen LogP contribution >= 0.6 is 0 Å². The molecule has 16 heavy (non-hydrogen) atoms. The Labute approximate surface area is 97.3 Å². The van der Waals surface area contributed by atoms with Gasteiger partial charge < -0.3 is 5.32 Å². The maximum atomic E-state index is 9.02. The monoisotopic (exact) mass is 212 g/mol. The second kappa shape index (κ2) is 5.83. The molecule has 2 heteroatoms. The lowest BCUT2D eigenvalue weighted by atomic mass is 10.1. The Balaban J connectivity index is 2.96. The Bertz CT molecular complexity index is 435. The molecule has 2 nitrogen and oxygen atoms in total. The third kappa shape index (κ3) is 2.78. The van der Waals surface area contributed by atoms with E-state index in [0.29, 0.717) is 5.56 Å². The Morgan fingerprint density at radius 3 is 2.81 bits per heavy atom. The van der Waals surface area contributed by atoms with E-state index in [4.69, 9.17) is 11.7 Å². The number of para-hydroxylation sites is 1. The molecule has 0 aliphatic carbocycles. The van der Waals surface area contributed by atoms with Gasteiger partial charge in [0.05, 0.1) is 17.3 Å². The first-order chi connectivity index (χ1) is 7.72. The zero-order valence-corrected chi connectivity index (χ0v) is 9.75. The van der Waals surface area contributed by atoms with Crippen molar-refractivity contribution in [2.45, 2.75) is 32.7 Å². The highest BCUT2D eigenvalue weighted by Gasteiger charge is 2.09. The number of nitrogens with zero attached hydrogens (tertiary/aromatic N) is 1. The van der Waals surface area contributed by atoms with Crippen molar-refractivity contribution in [2.75, 3.05) is 5.32 Å². The largest absolute Gasteiger partial charge is 0.370 e. The van der Waals surface area contributed by atoms with Crippen molar-refractivity contribution in [1.82, 2.24) is 0 Å². The molecule has 1 rings (SSSR count). The van der Waals surface area contributed by atoms with Gasteiger partial charge >= 0.3 is 0 Å². The number of terminal acetylenes is 1. The van der Waals surface area contributed by atoms with Crippen LogP contribution in [0, 0.1) is 30.6 Å². The Morgan fingerprint density at radius 1 is 1.50 bits per heavy atom. The van der Waals surface area contributed by atoms with E-state index in [1.165, 1.54) is 0 Å². The van der Waals surface area contributed by atoms with Gasteiger partial charge in [-0.1, -0.05) is 31.4 Å². The second-order valence-corrected chi connectivity index (χ2v) is 3.76. The number of hydrogen-bond acceptors (Lipinski definition) is 2. The normalized spacial score (nSPS) is 11.2. The quantitative estimate of drug-likeness (QED) is 0.778. The number of aryl methyl sites for hydroxylation is 1. The molecular weight excluding hydrogens is 196 g/mol. The average molecular weight is 212 g/mol. The van der Waals surface area contributed by atoms with Crippen LogP contribution in [0.15, 0.2) is 18.2 Å². The van der Waals surface area contributed by atoms with Crippen molar-refractivity contribution < 1.29 is 0 Å². The standard InChI is InChI=1S/C14H16N2/c1-4-7-13(5-2)16-14-11(3)8-6-9-12(14)10-15/h2,6,8-9,13,16H,4,7H2,1,3H3. The van der Waals surface area contributed by atoms with Crippen LogP contribution in [0.2, 0.25) is 0 Å². The SMILES string of the molecule is C#CC(CCC)Nc1c(C)cccc1C#N. The fourth-order valence-electron chi connectivity index (χ4n) is 1.61. The third-order valence-electron chi connectivity index (χ3n) is 2.49. The van der Waals surface area contributed by atoms with E-state index in [1.54, 1.807) is 6.07 Å². The Kier molecular flexibility index (Phi) is 4.42. The number of rotatable bonds is 4. The highest BCUT2D eigenvalue weighted by molar-refractivity contribution is 5.63. The summed E-state index contributed by atoms with van der Waals surface area (Å²) < 4.78 is 0. The smallest absolute Gasteiger partial charge is 0.101 e. The zero-order chi connectivity index (χ0) is 12.0. The van der Waals surface area contributed by atoms with E-state index in [2.05, 4.69) is 24.2 Å². The second-order valence-electron chi connectivity index (χ2n) is 3.76. The summed E-state index contributed by atoms with van der Waals surface area (Å²) in [5.74, 6) is 2.71. The van der Waals surface area contributed by atoms with Gasteiger partial charge in [0.1, 0.15) is 6.07 Å². The van der Waals surface area contributed by atoms with Crippen LogP contribution in [0.1, 0.15) is 30.9 Å². The van der Waals surface area contributed by atoms with Crippen LogP contribution in [-0.2, 0) is 0 Å². The first kappa shape index (κ1) is 12.1. The summed E-state index contributed by atoms with van der Waals surface area (Å²) in [7, 11) is 0. The third-order valence-corrected chi connectivity index (χ3v) is 2.49. The van der Waals surface area contributed by atoms with Crippen molar-refractivity contribution in [3.05, 3.63) is 29.3 Å². The number of anilines is 1. The molecule has 0 aliphatic rings. The first-order valence-corrected chi connectivity index (χ1v) is 5.45. The topological polar surface area (TPSA) is 35.8 Å². The summed E-state index contributed by atoms with van der Waals surface area (Å²) in [4.78, 5) is 0. The van der Waals surface area contributed by atoms with E-state index < -0.39 is 0 Å². The van der Waals surface area contributed by atoms with Gasteiger partial charge in [-0.3, -0.25) is 0 Å². The average Bonchev–Trinajstić information content (AvgIpc) is 2.30. The number of hydrogen-bond donors (Lipinski definition) is 1. The van der Waals surface area contributed by atoms with Gasteiger partial charge in [-0.2, -0.15) is 5.26 Å². The van der Waals surface area contributed by atoms with Crippen molar-refractivity contribution in [3.8, 4) is 18.4 Å². The van der Waals surface area contributed by atoms with Crippen molar-refractivity contribution in [3.63, 3.8) is 0 Å². The van der Waals surface area contributed by atoms with E-state index in [-0.39, 0.29) is 6.04 Å². The Hall–Kier alpha value is -1.93. The first-order valence-electron chi connectivity index (χ1n) is 5.45. The summed E-state index contributed by atoms with van der Waals surface area (Å²) in [5.41, 5.74) is 2.56. The number of nitrogens with one attached hydrogen (secondary N) is 1. The highest BCUT2D eigenvalue weighted by atomic mass is 14.9. The fraction of sp³-hybridized carbons (Fsp3) is 0.357. The van der Waals surface area contributed by atoms with Crippen molar-refractivity contribution >= 4 is 5.69 Å². The maximum absolute atomic E-state index is 9.02. The molecule has 0 spiro atoms. The molecule has 1 atom stereocenters. The summed E-state index contributed by atoms with van der Waals surface area (Å²) in [6.45, 7) is 4.07. The lowest BCUT2D eigenvalue weighted by molar-refractivity contribution is 0.755. The van der Waals surface area contributed by atoms with E-state index in [1.807, 2.05) is 19.1 Å². The predicted octanol–water partition coefficient (Wildman–Crippen LogP) is 3.08. The summed E-state index contributed by atoms with van der Waals surface area (Å²) in [6.07, 6.45) is 7.39. The molecular formula is C14H16N2. The molecule has 0 heterocycles. The molecule has 0 aliphatic heterocycles. The molecule has 0 fully saturated rings. The van der Waals surface area contributed by atoms with E-state index in [0.717, 1.165) is 24.1 Å². The molecule has 0 saturated carbocycles. The van der Waals surface area contributed by atoms with E-state index in [9.17, 15) is 0 Å². The Morgan fingerprint density at radius 2 is 2.25 bits per heavy atom. The van der Waals surface area contributed by atoms with E-state index >= 15 is 0 Å². The molecule has 1 aromatic carbocycles. The number of nitriles is 1. The summed E-state index contributed by atoms with van der Waals surface area (Å²) >= 11 is 0. The molecule has 0 amide bonds. The van der Waals surface area contributed by atoms with Gasteiger partial charge in [-0.05, 0) is 25.0 Å². The lowest BCUT2D eigenvalue weighted by Crippen LogP contribution is -2.18. The fourth-order valence-corrected chi connectivity index (χ4v) is 1.61. The number of benzene rings is 1. The minimum Gasteiger partial charge on any atom is -0.370 e. The molecule has 82 valence electrons. The van der Waals surface area contributed by atoms with Crippen molar-refractivity contribution in [1.29, 1.82) is 5.26 Å². The highest BCUT2D eigenvalue weighted by Crippen LogP contribution is 2.21. The molecule has 1 unspecified atom stereocenters. The van der Waals surface area contributed by atoms with Gasteiger partial charge in [0, 0.05) is 0 Å². The maximum Gasteiger partial charge on any atom is 0.101 e. The molecule has 1 N–H and O–H groups in total. The molecule has 0 radical (unpaired) electrons. The van der Waals surface area contributed by atoms with Gasteiger partial charge in [-0.15, -0.1) is 6.42 Å². The summed E-state index contributed by atoms with van der Waals surface area (Å²) in [6, 6.07) is 7.83. The minimum atomic E-state index is -0.00167. The molecule has 0 aromatic heterocycles. The molecule has 1 aromatic rings. The molecule has 0 saturated heterocycles. The van der Waals surface area contributed by atoms with Crippen LogP contribution < -0.4 is 5.32 Å². The van der Waals surface area contributed by atoms with Gasteiger partial charge in [0.15, 0.2) is 0 Å². The van der Waals surface area contributed by atoms with Gasteiger partial charge in [-0.25, -0.2) is 0 Å². The predicted molar refractivity (Wildman–Crippen MR) is 67.0 cm³/mol. The van der Waals surface area contributed by atoms with Crippen LogP contribution in [0.5, 0.6) is 0 Å². The minimum absolute atomic E-state index is 0.00167. The van der Waals surface area contributed by atoms with Gasteiger partial charge in [0.2, 0.25) is 0 Å². The van der Waals surface area contributed by atoms with Crippen LogP contribution in [0.25, 0.3) is 0 Å². The van der Waals surface area contributed by atoms with Crippen LogP contribution in [-0.4, -0.2) is 6.04 Å². The lowest BCUT2D eigenvalue weighted by Gasteiger charge is -2.16. The van der Waals surface area contributed by atoms with Crippen molar-refractivity contribution in [2.24, 2.45) is 0 Å². The van der Waals surface area contributed by atoms with Crippen LogP contribution in [0.3, 0.4) is 0 Å². The molecule has 0 bridgehead atoms. The van der Waals surface area contributed by atoms with Gasteiger partial charge in [0.25, 0.3) is 0 Å². The summed E-state index contributed by atoms with van der Waals surface area (Å²) in [5, 5.41) is 12.3. The van der Waals surface area contributed by atoms with Crippen LogP contribution in [0.4, 0.5) is 5.69 Å². The zero-order valence-electron chi connectivity index (χ0n) is 9.75.